The summed E-state index contributed by atoms with van der Waals surface area (Å²) in [4.78, 5) is 23.4. The first-order valence-corrected chi connectivity index (χ1v) is 10.3. The SMILES string of the molecule is O=c1c2cc3c4ccccc4nc3c3c4cc(Cl)ccc4nc(n1-c1ccccc1)n23. The second kappa shape index (κ2) is 5.80. The number of benzene rings is 3. The molecular formula is C25H13ClN4O. The second-order valence-electron chi connectivity index (χ2n) is 7.65. The molecule has 5 nitrogen and oxygen atoms in total. The average molecular weight is 421 g/mol. The molecule has 0 saturated carbocycles. The van der Waals surface area contributed by atoms with Gasteiger partial charge in [-0.15, -0.1) is 0 Å². The molecule has 4 heterocycles. The van der Waals surface area contributed by atoms with Gasteiger partial charge in [0.05, 0.1) is 27.8 Å². The summed E-state index contributed by atoms with van der Waals surface area (Å²) in [5, 5.41) is 3.46. The fourth-order valence-corrected chi connectivity index (χ4v) is 4.76. The summed E-state index contributed by atoms with van der Waals surface area (Å²) in [7, 11) is 0. The number of imidazole rings is 1. The quantitative estimate of drug-likeness (QED) is 0.325. The Hall–Kier alpha value is -3.96. The van der Waals surface area contributed by atoms with Crippen LogP contribution in [0.5, 0.6) is 0 Å². The molecule has 0 radical (unpaired) electrons. The molecule has 6 heteroatoms. The van der Waals surface area contributed by atoms with Gasteiger partial charge >= 0.3 is 0 Å². The summed E-state index contributed by atoms with van der Waals surface area (Å²) in [5.41, 5.74) is 4.57. The highest BCUT2D eigenvalue weighted by atomic mass is 35.5. The van der Waals surface area contributed by atoms with Gasteiger partial charge in [-0.05, 0) is 42.5 Å². The number of nitrogens with zero attached hydrogens (tertiary/aromatic N) is 4. The van der Waals surface area contributed by atoms with Crippen molar-refractivity contribution in [1.29, 1.82) is 0 Å². The lowest BCUT2D eigenvalue weighted by Gasteiger charge is -2.09. The van der Waals surface area contributed by atoms with Crippen LogP contribution >= 0.6 is 11.6 Å². The van der Waals surface area contributed by atoms with Crippen LogP contribution in [0.3, 0.4) is 0 Å². The number of aromatic nitrogens is 4. The van der Waals surface area contributed by atoms with Crippen LogP contribution in [-0.2, 0) is 0 Å². The molecule has 7 aromatic rings. The van der Waals surface area contributed by atoms with Gasteiger partial charge < -0.3 is 0 Å². The number of fused-ring (bicyclic) bond motifs is 6. The lowest BCUT2D eigenvalue weighted by Crippen LogP contribution is -2.12. The highest BCUT2D eigenvalue weighted by Crippen LogP contribution is 2.35. The number of para-hydroxylation sites is 2. The number of hydrogen-bond donors (Lipinski definition) is 0. The van der Waals surface area contributed by atoms with Crippen molar-refractivity contribution in [2.75, 3.05) is 0 Å². The van der Waals surface area contributed by atoms with Crippen molar-refractivity contribution < 1.29 is 0 Å². The molecule has 0 spiro atoms. The maximum atomic E-state index is 13.6. The summed E-state index contributed by atoms with van der Waals surface area (Å²) >= 11 is 6.36. The molecule has 0 saturated heterocycles. The smallest absolute Gasteiger partial charge is 0.272 e. The summed E-state index contributed by atoms with van der Waals surface area (Å²) < 4.78 is 3.58. The Morgan fingerprint density at radius 3 is 2.39 bits per heavy atom. The van der Waals surface area contributed by atoms with E-state index >= 15 is 0 Å². The minimum atomic E-state index is -0.114. The van der Waals surface area contributed by atoms with Gasteiger partial charge in [0.15, 0.2) is 0 Å². The van der Waals surface area contributed by atoms with Crippen LogP contribution in [0, 0.1) is 0 Å². The van der Waals surface area contributed by atoms with Gasteiger partial charge in [-0.25, -0.2) is 14.5 Å². The zero-order valence-electron chi connectivity index (χ0n) is 16.1. The maximum Gasteiger partial charge on any atom is 0.282 e. The first-order chi connectivity index (χ1) is 15.2. The summed E-state index contributed by atoms with van der Waals surface area (Å²) in [5.74, 6) is 0.560. The van der Waals surface area contributed by atoms with Crippen molar-refractivity contribution in [3.63, 3.8) is 0 Å². The van der Waals surface area contributed by atoms with Gasteiger partial charge in [0.2, 0.25) is 5.78 Å². The van der Waals surface area contributed by atoms with Crippen molar-refractivity contribution in [1.82, 2.24) is 18.9 Å². The fraction of sp³-hybridized carbons (Fsp3) is 0. The van der Waals surface area contributed by atoms with E-state index in [1.807, 2.05) is 83.3 Å². The van der Waals surface area contributed by atoms with Crippen LogP contribution in [0.2, 0.25) is 5.02 Å². The Morgan fingerprint density at radius 1 is 0.742 bits per heavy atom. The van der Waals surface area contributed by atoms with Gasteiger partial charge in [0.1, 0.15) is 5.52 Å². The standard InChI is InChI=1S/C25H13ClN4O/c26-14-10-11-20-18(12-14)23-22-17(16-8-4-5-9-19(16)27-22)13-21-24(31)29(25(28-20)30(21)23)15-6-2-1-3-7-15/h1-13H. The van der Waals surface area contributed by atoms with E-state index in [1.54, 1.807) is 4.57 Å². The first-order valence-electron chi connectivity index (χ1n) is 9.93. The minimum absolute atomic E-state index is 0.114. The predicted octanol–water partition coefficient (Wildman–Crippen LogP) is 5.58. The van der Waals surface area contributed by atoms with E-state index in [9.17, 15) is 4.79 Å². The Kier molecular flexibility index (Phi) is 3.14. The molecule has 0 N–H and O–H groups in total. The largest absolute Gasteiger partial charge is 0.282 e. The molecule has 0 aliphatic rings. The third-order valence-corrected chi connectivity index (χ3v) is 6.16. The molecule has 0 bridgehead atoms. The van der Waals surface area contributed by atoms with E-state index < -0.39 is 0 Å². The molecule has 146 valence electrons. The Labute approximate surface area is 180 Å². The van der Waals surface area contributed by atoms with Crippen LogP contribution in [0.25, 0.3) is 55.2 Å². The maximum absolute atomic E-state index is 13.6. The van der Waals surface area contributed by atoms with E-state index in [-0.39, 0.29) is 5.56 Å². The van der Waals surface area contributed by atoms with Crippen LogP contribution in [-0.4, -0.2) is 18.9 Å². The van der Waals surface area contributed by atoms with Gasteiger partial charge in [-0.1, -0.05) is 48.0 Å². The summed E-state index contributed by atoms with van der Waals surface area (Å²) in [6, 6.07) is 25.1. The zero-order chi connectivity index (χ0) is 20.7. The predicted molar refractivity (Wildman–Crippen MR) is 125 cm³/mol. The van der Waals surface area contributed by atoms with Crippen molar-refractivity contribution in [3.05, 3.63) is 94.2 Å². The van der Waals surface area contributed by atoms with Crippen LogP contribution in [0.15, 0.2) is 83.7 Å². The second-order valence-corrected chi connectivity index (χ2v) is 8.09. The Morgan fingerprint density at radius 2 is 1.52 bits per heavy atom. The van der Waals surface area contributed by atoms with E-state index in [4.69, 9.17) is 21.6 Å². The molecule has 7 rings (SSSR count). The topological polar surface area (TPSA) is 52.2 Å². The highest BCUT2D eigenvalue weighted by molar-refractivity contribution is 6.32. The molecule has 0 aliphatic heterocycles. The molecule has 0 amide bonds. The van der Waals surface area contributed by atoms with Crippen molar-refractivity contribution in [2.24, 2.45) is 0 Å². The molecule has 0 unspecified atom stereocenters. The number of rotatable bonds is 1. The van der Waals surface area contributed by atoms with Gasteiger partial charge in [0.25, 0.3) is 5.56 Å². The normalized spacial score (nSPS) is 12.2. The van der Waals surface area contributed by atoms with E-state index in [0.29, 0.717) is 16.3 Å². The fourth-order valence-electron chi connectivity index (χ4n) is 4.59. The lowest BCUT2D eigenvalue weighted by molar-refractivity contribution is 1.03. The Balaban J connectivity index is 1.84. The van der Waals surface area contributed by atoms with Crippen LogP contribution in [0.1, 0.15) is 0 Å². The molecule has 31 heavy (non-hydrogen) atoms. The van der Waals surface area contributed by atoms with Crippen molar-refractivity contribution in [2.45, 2.75) is 0 Å². The van der Waals surface area contributed by atoms with Crippen LogP contribution < -0.4 is 5.56 Å². The lowest BCUT2D eigenvalue weighted by atomic mass is 10.1. The monoisotopic (exact) mass is 420 g/mol. The average Bonchev–Trinajstić information content (AvgIpc) is 3.30. The van der Waals surface area contributed by atoms with Gasteiger partial charge in [-0.3, -0.25) is 9.20 Å². The molecular weight excluding hydrogens is 408 g/mol. The first kappa shape index (κ1) is 16.8. The molecule has 4 aromatic heterocycles. The summed E-state index contributed by atoms with van der Waals surface area (Å²) in [6.45, 7) is 0. The van der Waals surface area contributed by atoms with Crippen LogP contribution in [0.4, 0.5) is 0 Å². The van der Waals surface area contributed by atoms with E-state index in [1.165, 1.54) is 0 Å². The zero-order valence-corrected chi connectivity index (χ0v) is 16.8. The molecule has 0 fully saturated rings. The van der Waals surface area contributed by atoms with E-state index in [0.717, 1.165) is 43.9 Å². The molecule has 3 aromatic carbocycles. The highest BCUT2D eigenvalue weighted by Gasteiger charge is 2.22. The van der Waals surface area contributed by atoms with Gasteiger partial charge in [-0.2, -0.15) is 0 Å². The molecule has 0 aliphatic carbocycles. The number of pyridine rings is 1. The van der Waals surface area contributed by atoms with Crippen molar-refractivity contribution >= 4 is 61.1 Å². The van der Waals surface area contributed by atoms with Gasteiger partial charge in [0, 0.05) is 21.2 Å². The summed E-state index contributed by atoms with van der Waals surface area (Å²) in [6.07, 6.45) is 0. The Bertz CT molecular complexity index is 1870. The third kappa shape index (κ3) is 2.13. The number of halogens is 1. The number of hydrogen-bond acceptors (Lipinski definition) is 3. The van der Waals surface area contributed by atoms with E-state index in [2.05, 4.69) is 0 Å². The minimum Gasteiger partial charge on any atom is -0.272 e. The third-order valence-electron chi connectivity index (χ3n) is 5.92. The molecule has 0 atom stereocenters. The van der Waals surface area contributed by atoms with Crippen molar-refractivity contribution in [3.8, 4) is 5.69 Å².